The lowest BCUT2D eigenvalue weighted by Crippen LogP contribution is -2.13. The molecule has 1 aromatic carbocycles. The summed E-state index contributed by atoms with van der Waals surface area (Å²) in [4.78, 5) is 17.9. The number of ether oxygens (including phenoxy) is 1. The van der Waals surface area contributed by atoms with Crippen LogP contribution in [0.25, 0.3) is 0 Å². The van der Waals surface area contributed by atoms with Crippen LogP contribution in [0.5, 0.6) is 0 Å². The number of thiazole rings is 1. The van der Waals surface area contributed by atoms with Crippen LogP contribution in [0.4, 0.5) is 10.8 Å². The van der Waals surface area contributed by atoms with Gasteiger partial charge in [-0.2, -0.15) is 0 Å². The van der Waals surface area contributed by atoms with Crippen molar-refractivity contribution in [2.75, 3.05) is 18.6 Å². The summed E-state index contributed by atoms with van der Waals surface area (Å²) in [5.41, 5.74) is 2.89. The summed E-state index contributed by atoms with van der Waals surface area (Å²) in [7, 11) is 1.37. The van der Waals surface area contributed by atoms with Gasteiger partial charge in [-0.05, 0) is 18.1 Å². The zero-order valence-electron chi connectivity index (χ0n) is 9.92. The second-order valence-corrected chi connectivity index (χ2v) is 4.87. The first kappa shape index (κ1) is 11.2. The monoisotopic (exact) mass is 260 g/mol. The molecule has 0 spiro atoms. The van der Waals surface area contributed by atoms with Crippen molar-refractivity contribution in [1.82, 2.24) is 4.98 Å². The van der Waals surface area contributed by atoms with Gasteiger partial charge in [0.25, 0.3) is 0 Å². The van der Waals surface area contributed by atoms with E-state index in [0.29, 0.717) is 5.69 Å². The Morgan fingerprint density at radius 2 is 2.28 bits per heavy atom. The van der Waals surface area contributed by atoms with Crippen molar-refractivity contribution in [2.45, 2.75) is 6.42 Å². The molecule has 92 valence electrons. The maximum atomic E-state index is 11.4. The lowest BCUT2D eigenvalue weighted by atomic mass is 10.2. The minimum Gasteiger partial charge on any atom is -0.464 e. The van der Waals surface area contributed by atoms with Gasteiger partial charge in [0, 0.05) is 17.6 Å². The van der Waals surface area contributed by atoms with Crippen LogP contribution in [0.2, 0.25) is 0 Å². The zero-order valence-corrected chi connectivity index (χ0v) is 10.7. The highest BCUT2D eigenvalue weighted by Crippen LogP contribution is 2.35. The van der Waals surface area contributed by atoms with E-state index in [-0.39, 0.29) is 5.97 Å². The minimum absolute atomic E-state index is 0.377. The fraction of sp³-hybridized carbons (Fsp3) is 0.231. The third kappa shape index (κ3) is 1.76. The molecule has 1 aliphatic heterocycles. The summed E-state index contributed by atoms with van der Waals surface area (Å²) >= 11 is 1.47. The molecule has 0 unspecified atom stereocenters. The maximum absolute atomic E-state index is 11.4. The number of hydrogen-bond acceptors (Lipinski definition) is 5. The van der Waals surface area contributed by atoms with Crippen molar-refractivity contribution in [3.05, 3.63) is 40.9 Å². The first-order valence-electron chi connectivity index (χ1n) is 5.69. The summed E-state index contributed by atoms with van der Waals surface area (Å²) in [6.07, 6.45) is 1.02. The Bertz CT molecular complexity index is 594. The summed E-state index contributed by atoms with van der Waals surface area (Å²) in [5.74, 6) is -0.384. The topological polar surface area (TPSA) is 42.4 Å². The molecule has 2 heterocycles. The van der Waals surface area contributed by atoms with Crippen LogP contribution in [0.15, 0.2) is 29.6 Å². The van der Waals surface area contributed by atoms with Gasteiger partial charge in [0.2, 0.25) is 0 Å². The predicted octanol–water partition coefficient (Wildman–Crippen LogP) is 2.62. The van der Waals surface area contributed by atoms with Gasteiger partial charge in [0.15, 0.2) is 10.8 Å². The first-order chi connectivity index (χ1) is 8.79. The molecule has 1 aromatic heterocycles. The van der Waals surface area contributed by atoms with E-state index < -0.39 is 0 Å². The molecular formula is C13H12N2O2S. The highest BCUT2D eigenvalue weighted by molar-refractivity contribution is 7.14. The molecule has 1 aliphatic rings. The minimum atomic E-state index is -0.384. The van der Waals surface area contributed by atoms with E-state index in [0.717, 1.165) is 18.1 Å². The normalized spacial score (nSPS) is 13.5. The number of anilines is 2. The standard InChI is InChI=1S/C13H12N2O2S/c1-17-12(16)10-8-18-13(14-10)15-7-6-9-4-2-3-5-11(9)15/h2-5,8H,6-7H2,1H3. The fourth-order valence-electron chi connectivity index (χ4n) is 2.12. The van der Waals surface area contributed by atoms with Crippen LogP contribution in [0.3, 0.4) is 0 Å². The fourth-order valence-corrected chi connectivity index (χ4v) is 2.96. The summed E-state index contributed by atoms with van der Waals surface area (Å²) in [6.45, 7) is 0.910. The number of fused-ring (bicyclic) bond motifs is 1. The number of esters is 1. The van der Waals surface area contributed by atoms with E-state index in [1.54, 1.807) is 5.38 Å². The van der Waals surface area contributed by atoms with Gasteiger partial charge in [0.1, 0.15) is 0 Å². The molecule has 0 saturated heterocycles. The number of carbonyl (C=O) groups is 1. The van der Waals surface area contributed by atoms with Crippen molar-refractivity contribution in [1.29, 1.82) is 0 Å². The molecule has 0 saturated carbocycles. The molecule has 2 aromatic rings. The molecule has 5 heteroatoms. The van der Waals surface area contributed by atoms with E-state index in [1.807, 2.05) is 12.1 Å². The van der Waals surface area contributed by atoms with Gasteiger partial charge in [-0.3, -0.25) is 0 Å². The Hall–Kier alpha value is -1.88. The number of benzene rings is 1. The van der Waals surface area contributed by atoms with Gasteiger partial charge in [0.05, 0.1) is 7.11 Å². The quantitative estimate of drug-likeness (QED) is 0.778. The zero-order chi connectivity index (χ0) is 12.5. The van der Waals surface area contributed by atoms with Gasteiger partial charge >= 0.3 is 5.97 Å². The average molecular weight is 260 g/mol. The van der Waals surface area contributed by atoms with Crippen LogP contribution in [-0.2, 0) is 11.2 Å². The average Bonchev–Trinajstić information content (AvgIpc) is 3.03. The summed E-state index contributed by atoms with van der Waals surface area (Å²) in [5, 5.41) is 2.59. The van der Waals surface area contributed by atoms with E-state index >= 15 is 0 Å². The van der Waals surface area contributed by atoms with Crippen LogP contribution in [-0.4, -0.2) is 24.6 Å². The van der Waals surface area contributed by atoms with Gasteiger partial charge < -0.3 is 9.64 Å². The third-order valence-corrected chi connectivity index (χ3v) is 3.87. The molecule has 4 nitrogen and oxygen atoms in total. The van der Waals surface area contributed by atoms with Crippen molar-refractivity contribution in [2.24, 2.45) is 0 Å². The van der Waals surface area contributed by atoms with Crippen LogP contribution >= 0.6 is 11.3 Å². The summed E-state index contributed by atoms with van der Waals surface area (Å²) in [6, 6.07) is 8.28. The molecule has 0 atom stereocenters. The van der Waals surface area contributed by atoms with E-state index in [9.17, 15) is 4.79 Å². The molecular weight excluding hydrogens is 248 g/mol. The largest absolute Gasteiger partial charge is 0.464 e. The van der Waals surface area contributed by atoms with Crippen LogP contribution in [0, 0.1) is 0 Å². The number of aromatic nitrogens is 1. The highest BCUT2D eigenvalue weighted by atomic mass is 32.1. The van der Waals surface area contributed by atoms with Crippen molar-refractivity contribution in [3.63, 3.8) is 0 Å². The molecule has 0 radical (unpaired) electrons. The van der Waals surface area contributed by atoms with Gasteiger partial charge in [-0.25, -0.2) is 9.78 Å². The van der Waals surface area contributed by atoms with Crippen molar-refractivity contribution < 1.29 is 9.53 Å². The van der Waals surface area contributed by atoms with Crippen molar-refractivity contribution >= 4 is 28.1 Å². The summed E-state index contributed by atoms with van der Waals surface area (Å²) < 4.78 is 4.67. The molecule has 0 bridgehead atoms. The second kappa shape index (κ2) is 4.42. The Labute approximate surface area is 109 Å². The molecule has 0 amide bonds. The molecule has 0 N–H and O–H groups in total. The smallest absolute Gasteiger partial charge is 0.357 e. The third-order valence-electron chi connectivity index (χ3n) is 3.00. The number of methoxy groups -OCH3 is 1. The predicted molar refractivity (Wildman–Crippen MR) is 70.6 cm³/mol. The van der Waals surface area contributed by atoms with Gasteiger partial charge in [-0.15, -0.1) is 11.3 Å². The molecule has 18 heavy (non-hydrogen) atoms. The van der Waals surface area contributed by atoms with E-state index in [4.69, 9.17) is 0 Å². The van der Waals surface area contributed by atoms with Crippen molar-refractivity contribution in [3.8, 4) is 0 Å². The molecule has 0 fully saturated rings. The van der Waals surface area contributed by atoms with E-state index in [1.165, 1.54) is 29.7 Å². The van der Waals surface area contributed by atoms with Crippen LogP contribution in [0.1, 0.15) is 16.1 Å². The number of rotatable bonds is 2. The Morgan fingerprint density at radius 3 is 3.11 bits per heavy atom. The Morgan fingerprint density at radius 1 is 1.44 bits per heavy atom. The number of carbonyl (C=O) groups excluding carboxylic acids is 1. The highest BCUT2D eigenvalue weighted by Gasteiger charge is 2.23. The Kier molecular flexibility index (Phi) is 2.76. The SMILES string of the molecule is COC(=O)c1csc(N2CCc3ccccc32)n1. The van der Waals surface area contributed by atoms with E-state index in [2.05, 4.69) is 26.8 Å². The Balaban J connectivity index is 1.93. The lowest BCUT2D eigenvalue weighted by Gasteiger charge is -2.15. The number of hydrogen-bond donors (Lipinski definition) is 0. The molecule has 0 aliphatic carbocycles. The number of nitrogens with zero attached hydrogens (tertiary/aromatic N) is 2. The molecule has 3 rings (SSSR count). The maximum Gasteiger partial charge on any atom is 0.357 e. The number of para-hydroxylation sites is 1. The first-order valence-corrected chi connectivity index (χ1v) is 6.57. The second-order valence-electron chi connectivity index (χ2n) is 4.04. The van der Waals surface area contributed by atoms with Gasteiger partial charge in [-0.1, -0.05) is 18.2 Å². The van der Waals surface area contributed by atoms with Crippen LogP contribution < -0.4 is 4.90 Å². The lowest BCUT2D eigenvalue weighted by molar-refractivity contribution is 0.0595.